The normalized spacial score (nSPS) is 10.1. The van der Waals surface area contributed by atoms with Gasteiger partial charge in [-0.25, -0.2) is 9.18 Å². The number of amides is 1. The van der Waals surface area contributed by atoms with Gasteiger partial charge in [0.2, 0.25) is 0 Å². The number of carbonyl (C=O) groups is 2. The average Bonchev–Trinajstić information content (AvgIpc) is 2.48. The van der Waals surface area contributed by atoms with Crippen molar-refractivity contribution in [1.29, 1.82) is 0 Å². The quantitative estimate of drug-likeness (QED) is 0.617. The fraction of sp³-hybridized carbons (Fsp3) is 0.125. The van der Waals surface area contributed by atoms with E-state index in [0.717, 1.165) is 15.2 Å². The molecule has 0 bridgehead atoms. The van der Waals surface area contributed by atoms with Gasteiger partial charge in [-0.05, 0) is 65.4 Å². The van der Waals surface area contributed by atoms with Crippen LogP contribution < -0.4 is 5.32 Å². The lowest BCUT2D eigenvalue weighted by molar-refractivity contribution is -0.119. The Morgan fingerprint density at radius 3 is 2.64 bits per heavy atom. The van der Waals surface area contributed by atoms with Crippen LogP contribution in [0.1, 0.15) is 15.9 Å². The molecule has 0 atom stereocenters. The number of aryl methyl sites for hydroxylation is 1. The van der Waals surface area contributed by atoms with Crippen LogP contribution in [0, 0.1) is 16.3 Å². The summed E-state index contributed by atoms with van der Waals surface area (Å²) in [5.41, 5.74) is 1.36. The molecule has 22 heavy (non-hydrogen) atoms. The van der Waals surface area contributed by atoms with E-state index in [2.05, 4.69) is 27.9 Å². The summed E-state index contributed by atoms with van der Waals surface area (Å²) in [7, 11) is 0. The first-order valence-corrected chi connectivity index (χ1v) is 7.53. The molecule has 6 heteroatoms. The van der Waals surface area contributed by atoms with Crippen LogP contribution in [0.25, 0.3) is 0 Å². The first-order chi connectivity index (χ1) is 10.5. The Morgan fingerprint density at radius 2 is 1.95 bits per heavy atom. The number of ether oxygens (including phenoxy) is 1. The van der Waals surface area contributed by atoms with E-state index >= 15 is 0 Å². The lowest BCUT2D eigenvalue weighted by Gasteiger charge is -2.09. The number of hydrogen-bond acceptors (Lipinski definition) is 3. The average molecular weight is 413 g/mol. The third kappa shape index (κ3) is 4.27. The van der Waals surface area contributed by atoms with E-state index in [1.54, 1.807) is 6.07 Å². The van der Waals surface area contributed by atoms with Gasteiger partial charge in [0.15, 0.2) is 6.61 Å². The lowest BCUT2D eigenvalue weighted by Crippen LogP contribution is -2.21. The number of rotatable bonds is 4. The minimum absolute atomic E-state index is 0.194. The van der Waals surface area contributed by atoms with Gasteiger partial charge in [0.05, 0.1) is 5.56 Å². The highest BCUT2D eigenvalue weighted by Crippen LogP contribution is 2.17. The van der Waals surface area contributed by atoms with Crippen LogP contribution in [0.15, 0.2) is 42.5 Å². The molecule has 0 aliphatic rings. The first kappa shape index (κ1) is 16.4. The maximum atomic E-state index is 13.4. The minimum atomic E-state index is -0.868. The van der Waals surface area contributed by atoms with Crippen LogP contribution in [-0.4, -0.2) is 18.5 Å². The molecule has 0 radical (unpaired) electrons. The largest absolute Gasteiger partial charge is 0.452 e. The zero-order valence-corrected chi connectivity index (χ0v) is 13.9. The van der Waals surface area contributed by atoms with Crippen molar-refractivity contribution in [3.8, 4) is 0 Å². The number of carbonyl (C=O) groups excluding carboxylic acids is 2. The monoisotopic (exact) mass is 413 g/mol. The molecule has 0 aliphatic heterocycles. The van der Waals surface area contributed by atoms with Crippen molar-refractivity contribution in [1.82, 2.24) is 0 Å². The summed E-state index contributed by atoms with van der Waals surface area (Å²) >= 11 is 2.17. The molecule has 2 aromatic rings. The molecule has 0 fully saturated rings. The van der Waals surface area contributed by atoms with E-state index in [-0.39, 0.29) is 5.56 Å². The van der Waals surface area contributed by atoms with Crippen molar-refractivity contribution < 1.29 is 18.7 Å². The molecular weight excluding hydrogens is 400 g/mol. The Kier molecular flexibility index (Phi) is 5.48. The predicted octanol–water partition coefficient (Wildman–Crippen LogP) is 3.53. The second kappa shape index (κ2) is 7.35. The standard InChI is InChI=1S/C16H13FINO3/c1-10-8-11(18)6-7-14(10)19-15(20)9-22-16(21)12-4-2-3-5-13(12)17/h2-8H,9H2,1H3,(H,19,20). The van der Waals surface area contributed by atoms with E-state index in [1.807, 2.05) is 19.1 Å². The lowest BCUT2D eigenvalue weighted by atomic mass is 10.2. The first-order valence-electron chi connectivity index (χ1n) is 6.45. The highest BCUT2D eigenvalue weighted by molar-refractivity contribution is 14.1. The third-order valence-corrected chi connectivity index (χ3v) is 3.56. The van der Waals surface area contributed by atoms with Gasteiger partial charge in [-0.3, -0.25) is 4.79 Å². The van der Waals surface area contributed by atoms with E-state index in [4.69, 9.17) is 4.74 Å². The van der Waals surface area contributed by atoms with Gasteiger partial charge in [-0.2, -0.15) is 0 Å². The Labute approximate surface area is 140 Å². The highest BCUT2D eigenvalue weighted by atomic mass is 127. The van der Waals surface area contributed by atoms with Crippen molar-refractivity contribution in [2.24, 2.45) is 0 Å². The molecule has 114 valence electrons. The van der Waals surface area contributed by atoms with Crippen LogP contribution in [0.5, 0.6) is 0 Å². The molecule has 0 saturated heterocycles. The Morgan fingerprint density at radius 1 is 1.23 bits per heavy atom. The van der Waals surface area contributed by atoms with Gasteiger partial charge in [-0.15, -0.1) is 0 Å². The van der Waals surface area contributed by atoms with Crippen LogP contribution in [0.2, 0.25) is 0 Å². The van der Waals surface area contributed by atoms with Crippen LogP contribution in [-0.2, 0) is 9.53 Å². The number of hydrogen-bond donors (Lipinski definition) is 1. The fourth-order valence-electron chi connectivity index (χ4n) is 1.79. The zero-order chi connectivity index (χ0) is 16.1. The summed E-state index contributed by atoms with van der Waals surface area (Å²) in [4.78, 5) is 23.5. The predicted molar refractivity (Wildman–Crippen MR) is 89.2 cm³/mol. The summed E-state index contributed by atoms with van der Waals surface area (Å²) in [5.74, 6) is -2.03. The van der Waals surface area contributed by atoms with Gasteiger partial charge in [0, 0.05) is 9.26 Å². The molecular formula is C16H13FINO3. The van der Waals surface area contributed by atoms with Crippen molar-refractivity contribution in [2.75, 3.05) is 11.9 Å². The molecule has 0 unspecified atom stereocenters. The van der Waals surface area contributed by atoms with Gasteiger partial charge in [0.25, 0.3) is 5.91 Å². The molecule has 2 rings (SSSR count). The van der Waals surface area contributed by atoms with E-state index in [9.17, 15) is 14.0 Å². The number of halogens is 2. The summed E-state index contributed by atoms with van der Waals surface area (Å²) in [6.45, 7) is 1.39. The third-order valence-electron chi connectivity index (χ3n) is 2.89. The van der Waals surface area contributed by atoms with Crippen molar-refractivity contribution in [3.05, 3.63) is 63.0 Å². The number of benzene rings is 2. The Bertz CT molecular complexity index is 718. The molecule has 0 aromatic heterocycles. The second-order valence-electron chi connectivity index (χ2n) is 4.56. The minimum Gasteiger partial charge on any atom is -0.452 e. The van der Waals surface area contributed by atoms with Gasteiger partial charge < -0.3 is 10.1 Å². The SMILES string of the molecule is Cc1cc(I)ccc1NC(=O)COC(=O)c1ccccc1F. The summed E-state index contributed by atoms with van der Waals surface area (Å²) in [6, 6.07) is 11.0. The van der Waals surface area contributed by atoms with Crippen molar-refractivity contribution in [3.63, 3.8) is 0 Å². The number of anilines is 1. The van der Waals surface area contributed by atoms with Crippen molar-refractivity contribution >= 4 is 40.2 Å². The summed E-state index contributed by atoms with van der Waals surface area (Å²) in [5, 5.41) is 2.65. The van der Waals surface area contributed by atoms with E-state index in [0.29, 0.717) is 5.69 Å². The summed E-state index contributed by atoms with van der Waals surface area (Å²) in [6.07, 6.45) is 0. The molecule has 0 saturated carbocycles. The topological polar surface area (TPSA) is 55.4 Å². The highest BCUT2D eigenvalue weighted by Gasteiger charge is 2.14. The maximum Gasteiger partial charge on any atom is 0.341 e. The number of nitrogens with one attached hydrogen (secondary N) is 1. The molecule has 0 spiro atoms. The number of esters is 1. The maximum absolute atomic E-state index is 13.4. The van der Waals surface area contributed by atoms with Gasteiger partial charge in [0.1, 0.15) is 5.82 Å². The zero-order valence-electron chi connectivity index (χ0n) is 11.7. The van der Waals surface area contributed by atoms with Gasteiger partial charge >= 0.3 is 5.97 Å². The van der Waals surface area contributed by atoms with E-state index in [1.165, 1.54) is 18.2 Å². The Balaban J connectivity index is 1.93. The van der Waals surface area contributed by atoms with Crippen LogP contribution >= 0.6 is 22.6 Å². The fourth-order valence-corrected chi connectivity index (χ4v) is 2.44. The molecule has 0 aliphatic carbocycles. The smallest absolute Gasteiger partial charge is 0.341 e. The van der Waals surface area contributed by atoms with Gasteiger partial charge in [-0.1, -0.05) is 12.1 Å². The molecule has 2 aromatic carbocycles. The van der Waals surface area contributed by atoms with Crippen LogP contribution in [0.3, 0.4) is 0 Å². The summed E-state index contributed by atoms with van der Waals surface area (Å²) < 4.78 is 19.3. The molecule has 4 nitrogen and oxygen atoms in total. The Hall–Kier alpha value is -1.96. The second-order valence-corrected chi connectivity index (χ2v) is 5.81. The molecule has 1 amide bonds. The van der Waals surface area contributed by atoms with Crippen LogP contribution in [0.4, 0.5) is 10.1 Å². The molecule has 1 N–H and O–H groups in total. The van der Waals surface area contributed by atoms with Crippen molar-refractivity contribution in [2.45, 2.75) is 6.92 Å². The molecule has 0 heterocycles. The van der Waals surface area contributed by atoms with E-state index < -0.39 is 24.3 Å².